The summed E-state index contributed by atoms with van der Waals surface area (Å²) in [6, 6.07) is 10.4. The van der Waals surface area contributed by atoms with Crippen molar-refractivity contribution >= 4 is 18.3 Å². The van der Waals surface area contributed by atoms with Crippen molar-refractivity contribution in [2.24, 2.45) is 0 Å². The van der Waals surface area contributed by atoms with Crippen LogP contribution in [0.5, 0.6) is 0 Å². The van der Waals surface area contributed by atoms with E-state index < -0.39 is 0 Å². The summed E-state index contributed by atoms with van der Waals surface area (Å²) in [7, 11) is 0. The molecule has 1 amide bonds. The normalized spacial score (nSPS) is 20.4. The molecule has 1 aromatic carbocycles. The third-order valence-corrected chi connectivity index (χ3v) is 3.81. The van der Waals surface area contributed by atoms with Crippen LogP contribution < -0.4 is 10.6 Å². The molecular weight excluding hydrogens is 302 g/mol. The number of amides is 1. The molecule has 22 heavy (non-hydrogen) atoms. The summed E-state index contributed by atoms with van der Waals surface area (Å²) >= 11 is 0. The van der Waals surface area contributed by atoms with Crippen molar-refractivity contribution < 1.29 is 4.79 Å². The van der Waals surface area contributed by atoms with Crippen molar-refractivity contribution in [2.75, 3.05) is 6.54 Å². The van der Waals surface area contributed by atoms with Crippen LogP contribution >= 0.6 is 12.4 Å². The largest absolute Gasteiger partial charge is 0.354 e. The first-order valence-electron chi connectivity index (χ1n) is 7.26. The van der Waals surface area contributed by atoms with Crippen LogP contribution in [-0.4, -0.2) is 33.9 Å². The van der Waals surface area contributed by atoms with Gasteiger partial charge in [-0.3, -0.25) is 10.1 Å². The number of benzene rings is 1. The van der Waals surface area contributed by atoms with Gasteiger partial charge >= 0.3 is 0 Å². The standard InChI is InChI=1S/C15H19N5O.ClH/c21-15(16-9-8-12-10-17-20-19-12)14-7-6-13(18-14)11-4-2-1-3-5-11;/h1-5,10,13-14,18H,6-9H2,(H,16,21)(H,17,19,20);1H/t13-,14-;/m1./s1. The summed E-state index contributed by atoms with van der Waals surface area (Å²) in [6.45, 7) is 0.583. The molecule has 1 aliphatic rings. The fourth-order valence-electron chi connectivity index (χ4n) is 2.68. The molecule has 0 spiro atoms. The van der Waals surface area contributed by atoms with Gasteiger partial charge in [-0.25, -0.2) is 0 Å². The molecule has 0 unspecified atom stereocenters. The van der Waals surface area contributed by atoms with Gasteiger partial charge in [-0.1, -0.05) is 30.3 Å². The third-order valence-electron chi connectivity index (χ3n) is 3.81. The van der Waals surface area contributed by atoms with Gasteiger partial charge in [-0.15, -0.1) is 12.4 Å². The monoisotopic (exact) mass is 321 g/mol. The van der Waals surface area contributed by atoms with Crippen molar-refractivity contribution in [3.63, 3.8) is 0 Å². The highest BCUT2D eigenvalue weighted by Gasteiger charge is 2.29. The number of nitrogens with zero attached hydrogens (tertiary/aromatic N) is 2. The molecule has 3 N–H and O–H groups in total. The van der Waals surface area contributed by atoms with E-state index in [9.17, 15) is 4.79 Å². The van der Waals surface area contributed by atoms with Crippen LogP contribution in [0.4, 0.5) is 0 Å². The molecule has 2 atom stereocenters. The van der Waals surface area contributed by atoms with Crippen LogP contribution in [0.3, 0.4) is 0 Å². The summed E-state index contributed by atoms with van der Waals surface area (Å²) < 4.78 is 0. The number of nitrogens with one attached hydrogen (secondary N) is 3. The molecule has 7 heteroatoms. The first kappa shape index (κ1) is 16.5. The molecule has 1 aromatic heterocycles. The molecule has 3 rings (SSSR count). The van der Waals surface area contributed by atoms with Gasteiger partial charge in [-0.05, 0) is 18.4 Å². The fraction of sp³-hybridized carbons (Fsp3) is 0.400. The van der Waals surface area contributed by atoms with Crippen LogP contribution in [0, 0.1) is 0 Å². The Morgan fingerprint density at radius 3 is 2.82 bits per heavy atom. The molecule has 0 aliphatic carbocycles. The van der Waals surface area contributed by atoms with Gasteiger partial charge in [0.15, 0.2) is 0 Å². The highest BCUT2D eigenvalue weighted by Crippen LogP contribution is 2.26. The average molecular weight is 322 g/mol. The van der Waals surface area contributed by atoms with Gasteiger partial charge in [0.2, 0.25) is 5.91 Å². The first-order valence-corrected chi connectivity index (χ1v) is 7.26. The maximum absolute atomic E-state index is 12.1. The van der Waals surface area contributed by atoms with E-state index in [4.69, 9.17) is 0 Å². The summed E-state index contributed by atoms with van der Waals surface area (Å²) in [4.78, 5) is 12.1. The molecule has 2 aromatic rings. The highest BCUT2D eigenvalue weighted by molar-refractivity contribution is 5.85. The van der Waals surface area contributed by atoms with Gasteiger partial charge in [-0.2, -0.15) is 15.4 Å². The molecular formula is C15H20ClN5O. The van der Waals surface area contributed by atoms with E-state index in [-0.39, 0.29) is 30.4 Å². The fourth-order valence-corrected chi connectivity index (χ4v) is 2.68. The molecule has 118 valence electrons. The van der Waals surface area contributed by atoms with Crippen LogP contribution in [0.2, 0.25) is 0 Å². The second-order valence-electron chi connectivity index (χ2n) is 5.26. The van der Waals surface area contributed by atoms with E-state index in [2.05, 4.69) is 38.2 Å². The van der Waals surface area contributed by atoms with Gasteiger partial charge in [0.05, 0.1) is 17.9 Å². The molecule has 1 saturated heterocycles. The molecule has 1 fully saturated rings. The summed E-state index contributed by atoms with van der Waals surface area (Å²) in [5, 5.41) is 16.6. The van der Waals surface area contributed by atoms with Gasteiger partial charge in [0.1, 0.15) is 0 Å². The lowest BCUT2D eigenvalue weighted by Crippen LogP contribution is -2.41. The second-order valence-corrected chi connectivity index (χ2v) is 5.26. The van der Waals surface area contributed by atoms with Crippen molar-refractivity contribution in [1.29, 1.82) is 0 Å². The van der Waals surface area contributed by atoms with Crippen LogP contribution in [0.15, 0.2) is 36.5 Å². The zero-order valence-corrected chi connectivity index (χ0v) is 13.0. The highest BCUT2D eigenvalue weighted by atomic mass is 35.5. The quantitative estimate of drug-likeness (QED) is 0.777. The minimum atomic E-state index is -0.104. The SMILES string of the molecule is Cl.O=C(NCCc1cn[nH]n1)[C@H]1CC[C@H](c2ccccc2)N1. The Labute approximate surface area is 135 Å². The van der Waals surface area contributed by atoms with E-state index in [0.29, 0.717) is 13.0 Å². The zero-order valence-electron chi connectivity index (χ0n) is 12.2. The lowest BCUT2D eigenvalue weighted by Gasteiger charge is -2.14. The minimum absolute atomic E-state index is 0. The first-order chi connectivity index (χ1) is 10.3. The maximum atomic E-state index is 12.1. The van der Waals surface area contributed by atoms with E-state index in [0.717, 1.165) is 18.5 Å². The van der Waals surface area contributed by atoms with Crippen molar-refractivity contribution in [1.82, 2.24) is 26.0 Å². The molecule has 1 aliphatic heterocycles. The summed E-state index contributed by atoms with van der Waals surface area (Å²) in [6.07, 6.45) is 4.23. The number of hydrogen-bond acceptors (Lipinski definition) is 4. The maximum Gasteiger partial charge on any atom is 0.237 e. The van der Waals surface area contributed by atoms with Gasteiger partial charge in [0.25, 0.3) is 0 Å². The number of H-pyrrole nitrogens is 1. The Balaban J connectivity index is 0.00000176. The van der Waals surface area contributed by atoms with E-state index in [1.807, 2.05) is 18.2 Å². The summed E-state index contributed by atoms with van der Waals surface area (Å²) in [5.41, 5.74) is 2.10. The molecule has 0 radical (unpaired) electrons. The smallest absolute Gasteiger partial charge is 0.237 e. The Bertz CT molecular complexity index is 575. The minimum Gasteiger partial charge on any atom is -0.354 e. The predicted molar refractivity (Wildman–Crippen MR) is 85.7 cm³/mol. The van der Waals surface area contributed by atoms with Crippen LogP contribution in [0.1, 0.15) is 30.1 Å². The van der Waals surface area contributed by atoms with Gasteiger partial charge in [0, 0.05) is 19.0 Å². The van der Waals surface area contributed by atoms with Crippen molar-refractivity contribution in [3.05, 3.63) is 47.8 Å². The lowest BCUT2D eigenvalue weighted by atomic mass is 10.1. The number of rotatable bonds is 5. The van der Waals surface area contributed by atoms with E-state index in [1.54, 1.807) is 6.20 Å². The van der Waals surface area contributed by atoms with E-state index >= 15 is 0 Å². The second kappa shape index (κ2) is 7.91. The number of carbonyl (C=O) groups is 1. The zero-order chi connectivity index (χ0) is 14.5. The van der Waals surface area contributed by atoms with Crippen molar-refractivity contribution in [3.8, 4) is 0 Å². The number of carbonyl (C=O) groups excluding carboxylic acids is 1. The van der Waals surface area contributed by atoms with Crippen molar-refractivity contribution in [2.45, 2.75) is 31.3 Å². The number of halogens is 1. The molecule has 2 heterocycles. The number of aromatic amines is 1. The van der Waals surface area contributed by atoms with Crippen LogP contribution in [-0.2, 0) is 11.2 Å². The van der Waals surface area contributed by atoms with E-state index in [1.165, 1.54) is 5.56 Å². The van der Waals surface area contributed by atoms with Gasteiger partial charge < -0.3 is 5.32 Å². The molecule has 0 saturated carbocycles. The Morgan fingerprint density at radius 2 is 2.09 bits per heavy atom. The lowest BCUT2D eigenvalue weighted by molar-refractivity contribution is -0.122. The topological polar surface area (TPSA) is 82.7 Å². The summed E-state index contributed by atoms with van der Waals surface area (Å²) in [5.74, 6) is 0.0666. The van der Waals surface area contributed by atoms with Crippen LogP contribution in [0.25, 0.3) is 0 Å². The Morgan fingerprint density at radius 1 is 1.27 bits per heavy atom. The molecule has 0 bridgehead atoms. The number of hydrogen-bond donors (Lipinski definition) is 3. The average Bonchev–Trinajstić information content (AvgIpc) is 3.20. The Hall–Kier alpha value is -1.92. The Kier molecular flexibility index (Phi) is 5.91. The molecule has 6 nitrogen and oxygen atoms in total. The predicted octanol–water partition coefficient (Wildman–Crippen LogP) is 1.38. The third kappa shape index (κ3) is 4.05. The number of aromatic nitrogens is 3.